The highest BCUT2D eigenvalue weighted by Gasteiger charge is 2.22. The second kappa shape index (κ2) is 10.3. The van der Waals surface area contributed by atoms with E-state index in [-0.39, 0.29) is 28.1 Å². The highest BCUT2D eigenvalue weighted by atomic mass is 32.2. The molecule has 0 atom stereocenters. The predicted octanol–water partition coefficient (Wildman–Crippen LogP) is 6.84. The molecule has 0 heterocycles. The Kier molecular flexibility index (Phi) is 7.17. The molecule has 0 unspecified atom stereocenters. The van der Waals surface area contributed by atoms with Crippen LogP contribution in [0.2, 0.25) is 0 Å². The van der Waals surface area contributed by atoms with E-state index in [1.807, 2.05) is 30.3 Å². The number of hydrogen-bond donors (Lipinski definition) is 1. The lowest BCUT2D eigenvalue weighted by Gasteiger charge is -2.20. The molecule has 0 aliphatic heterocycles. The standard InChI is InChI=1S/C28H23F2NO4S/c1-3-36(33,34)21-14-12-20(13-15-21)26-24(31-18(2)32)17-16-22(19-8-5-4-6-9-19)28(26)35-25-11-7-10-23(29)27(25)30/h4-17H,3H2,1-2H3,(H,31,32). The van der Waals surface area contributed by atoms with Crippen LogP contribution in [0.1, 0.15) is 13.8 Å². The molecular weight excluding hydrogens is 484 g/mol. The minimum Gasteiger partial charge on any atom is -0.453 e. The van der Waals surface area contributed by atoms with Crippen molar-refractivity contribution in [2.24, 2.45) is 0 Å². The molecule has 0 fully saturated rings. The van der Waals surface area contributed by atoms with Crippen molar-refractivity contribution < 1.29 is 26.7 Å². The molecule has 0 saturated heterocycles. The second-order valence-electron chi connectivity index (χ2n) is 7.99. The number of nitrogens with one attached hydrogen (secondary N) is 1. The maximum absolute atomic E-state index is 14.7. The van der Waals surface area contributed by atoms with Gasteiger partial charge in [-0.05, 0) is 47.5 Å². The van der Waals surface area contributed by atoms with E-state index in [1.54, 1.807) is 31.2 Å². The molecule has 4 aromatic rings. The van der Waals surface area contributed by atoms with Crippen molar-refractivity contribution in [3.63, 3.8) is 0 Å². The number of hydrogen-bond acceptors (Lipinski definition) is 4. The maximum atomic E-state index is 14.7. The Balaban J connectivity index is 2.00. The van der Waals surface area contributed by atoms with Crippen molar-refractivity contribution in [3.05, 3.63) is 96.6 Å². The first kappa shape index (κ1) is 25.1. The maximum Gasteiger partial charge on any atom is 0.221 e. The monoisotopic (exact) mass is 507 g/mol. The van der Waals surface area contributed by atoms with Crippen LogP contribution in [-0.2, 0) is 14.6 Å². The molecule has 184 valence electrons. The van der Waals surface area contributed by atoms with Crippen LogP contribution in [0.3, 0.4) is 0 Å². The summed E-state index contributed by atoms with van der Waals surface area (Å²) in [5.74, 6) is -2.79. The molecule has 0 aromatic heterocycles. The molecule has 36 heavy (non-hydrogen) atoms. The molecule has 0 radical (unpaired) electrons. The molecular formula is C28H23F2NO4S. The Hall–Kier alpha value is -4.04. The number of carbonyl (C=O) groups excluding carboxylic acids is 1. The van der Waals surface area contributed by atoms with E-state index in [0.29, 0.717) is 22.4 Å². The van der Waals surface area contributed by atoms with Gasteiger partial charge in [0.15, 0.2) is 21.4 Å². The summed E-state index contributed by atoms with van der Waals surface area (Å²) in [6.07, 6.45) is 0. The Labute approximate surface area is 208 Å². The third-order valence-corrected chi connectivity index (χ3v) is 7.31. The Morgan fingerprint density at radius 3 is 2.19 bits per heavy atom. The summed E-state index contributed by atoms with van der Waals surface area (Å²) in [7, 11) is -3.44. The molecule has 0 aliphatic carbocycles. The minimum atomic E-state index is -3.44. The summed E-state index contributed by atoms with van der Waals surface area (Å²) in [4.78, 5) is 12.1. The van der Waals surface area contributed by atoms with Crippen molar-refractivity contribution in [2.45, 2.75) is 18.7 Å². The van der Waals surface area contributed by atoms with E-state index in [0.717, 1.165) is 11.6 Å². The number of anilines is 1. The first-order valence-corrected chi connectivity index (χ1v) is 12.8. The van der Waals surface area contributed by atoms with Gasteiger partial charge >= 0.3 is 0 Å². The number of ether oxygens (including phenoxy) is 1. The molecule has 0 spiro atoms. The number of benzene rings is 4. The minimum absolute atomic E-state index is 0.0554. The fourth-order valence-electron chi connectivity index (χ4n) is 3.78. The van der Waals surface area contributed by atoms with E-state index in [9.17, 15) is 22.0 Å². The number of rotatable bonds is 7. The van der Waals surface area contributed by atoms with Crippen LogP contribution in [-0.4, -0.2) is 20.1 Å². The van der Waals surface area contributed by atoms with Crippen molar-refractivity contribution in [1.29, 1.82) is 0 Å². The van der Waals surface area contributed by atoms with Crippen molar-refractivity contribution in [1.82, 2.24) is 0 Å². The molecule has 5 nitrogen and oxygen atoms in total. The average Bonchev–Trinajstić information content (AvgIpc) is 2.87. The predicted molar refractivity (Wildman–Crippen MR) is 136 cm³/mol. The molecule has 1 N–H and O–H groups in total. The normalized spacial score (nSPS) is 11.2. The van der Waals surface area contributed by atoms with Gasteiger partial charge < -0.3 is 10.1 Å². The summed E-state index contributed by atoms with van der Waals surface area (Å²) in [5, 5.41) is 2.75. The zero-order chi connectivity index (χ0) is 25.9. The van der Waals surface area contributed by atoms with E-state index in [4.69, 9.17) is 4.74 Å². The lowest BCUT2D eigenvalue weighted by molar-refractivity contribution is -0.114. The SMILES string of the molecule is CCS(=O)(=O)c1ccc(-c2c(NC(C)=O)ccc(-c3ccccc3)c2Oc2cccc(F)c2F)cc1. The molecule has 8 heteroatoms. The molecule has 0 aliphatic rings. The zero-order valence-corrected chi connectivity index (χ0v) is 20.4. The topological polar surface area (TPSA) is 72.5 Å². The van der Waals surface area contributed by atoms with Crippen LogP contribution < -0.4 is 10.1 Å². The van der Waals surface area contributed by atoms with Crippen LogP contribution >= 0.6 is 0 Å². The third-order valence-electron chi connectivity index (χ3n) is 5.56. The van der Waals surface area contributed by atoms with Gasteiger partial charge in [0.05, 0.1) is 16.3 Å². The highest BCUT2D eigenvalue weighted by molar-refractivity contribution is 7.91. The van der Waals surface area contributed by atoms with Gasteiger partial charge in [-0.2, -0.15) is 4.39 Å². The van der Waals surface area contributed by atoms with Gasteiger partial charge in [-0.3, -0.25) is 4.79 Å². The van der Waals surface area contributed by atoms with Gasteiger partial charge in [0.2, 0.25) is 11.7 Å². The van der Waals surface area contributed by atoms with Gasteiger partial charge in [0, 0.05) is 18.1 Å². The number of halogens is 2. The molecule has 1 amide bonds. The molecule has 4 aromatic carbocycles. The first-order valence-electron chi connectivity index (χ1n) is 11.2. The van der Waals surface area contributed by atoms with Crippen molar-refractivity contribution in [2.75, 3.05) is 11.1 Å². The summed E-state index contributed by atoms with van der Waals surface area (Å²) < 4.78 is 59.3. The lowest BCUT2D eigenvalue weighted by Crippen LogP contribution is -2.08. The van der Waals surface area contributed by atoms with E-state index >= 15 is 0 Å². The Bertz CT molecular complexity index is 1520. The lowest BCUT2D eigenvalue weighted by atomic mass is 9.95. The summed E-state index contributed by atoms with van der Waals surface area (Å²) in [6.45, 7) is 2.90. The smallest absolute Gasteiger partial charge is 0.221 e. The molecule has 0 saturated carbocycles. The van der Waals surface area contributed by atoms with Crippen molar-refractivity contribution >= 4 is 21.4 Å². The fraction of sp³-hybridized carbons (Fsp3) is 0.107. The van der Waals surface area contributed by atoms with Gasteiger partial charge in [-0.1, -0.05) is 55.5 Å². The first-order chi connectivity index (χ1) is 17.2. The number of sulfone groups is 1. The van der Waals surface area contributed by atoms with Crippen molar-refractivity contribution in [3.8, 4) is 33.8 Å². The van der Waals surface area contributed by atoms with Gasteiger partial charge in [0.25, 0.3) is 0 Å². The number of amides is 1. The fourth-order valence-corrected chi connectivity index (χ4v) is 4.67. The summed E-state index contributed by atoms with van der Waals surface area (Å²) in [5.41, 5.74) is 2.56. The van der Waals surface area contributed by atoms with E-state index in [1.165, 1.54) is 31.2 Å². The van der Waals surface area contributed by atoms with Crippen LogP contribution in [0.5, 0.6) is 11.5 Å². The van der Waals surface area contributed by atoms with Crippen LogP contribution in [0.15, 0.2) is 89.8 Å². The Morgan fingerprint density at radius 1 is 0.861 bits per heavy atom. The van der Waals surface area contributed by atoms with Crippen LogP contribution in [0.4, 0.5) is 14.5 Å². The van der Waals surface area contributed by atoms with Gasteiger partial charge in [-0.15, -0.1) is 0 Å². The zero-order valence-electron chi connectivity index (χ0n) is 19.6. The average molecular weight is 508 g/mol. The van der Waals surface area contributed by atoms with Gasteiger partial charge in [0.1, 0.15) is 5.75 Å². The quantitative estimate of drug-likeness (QED) is 0.297. The van der Waals surface area contributed by atoms with E-state index < -0.39 is 21.5 Å². The summed E-state index contributed by atoms with van der Waals surface area (Å²) >= 11 is 0. The second-order valence-corrected chi connectivity index (χ2v) is 10.3. The molecule has 0 bridgehead atoms. The third kappa shape index (κ3) is 5.13. The molecule has 4 rings (SSSR count). The largest absolute Gasteiger partial charge is 0.453 e. The number of carbonyl (C=O) groups is 1. The van der Waals surface area contributed by atoms with Crippen LogP contribution in [0, 0.1) is 11.6 Å². The Morgan fingerprint density at radius 2 is 1.56 bits per heavy atom. The van der Waals surface area contributed by atoms with Crippen LogP contribution in [0.25, 0.3) is 22.3 Å². The summed E-state index contributed by atoms with van der Waals surface area (Å²) in [6, 6.07) is 22.3. The highest BCUT2D eigenvalue weighted by Crippen LogP contribution is 2.46. The van der Waals surface area contributed by atoms with Gasteiger partial charge in [-0.25, -0.2) is 12.8 Å². The van der Waals surface area contributed by atoms with E-state index in [2.05, 4.69) is 5.32 Å².